The second-order valence-corrected chi connectivity index (χ2v) is 8.65. The number of carbonyl (C=O) groups is 1. The zero-order valence-corrected chi connectivity index (χ0v) is 18.8. The first kappa shape index (κ1) is 23.0. The molecule has 0 aromatic heterocycles. The Bertz CT molecular complexity index is 657. The summed E-state index contributed by atoms with van der Waals surface area (Å²) in [6, 6.07) is 8.28. The molecule has 2 N–H and O–H groups in total. The lowest BCUT2D eigenvalue weighted by Gasteiger charge is -2.43. The molecule has 1 aromatic rings. The molecule has 0 spiro atoms. The van der Waals surface area contributed by atoms with Gasteiger partial charge in [-0.2, -0.15) is 0 Å². The van der Waals surface area contributed by atoms with Gasteiger partial charge in [0, 0.05) is 44.8 Å². The van der Waals surface area contributed by atoms with Gasteiger partial charge in [0.1, 0.15) is 0 Å². The molecule has 2 aliphatic heterocycles. The lowest BCUT2D eigenvalue weighted by Crippen LogP contribution is -2.58. The molecular formula is C23H38N4O3. The molecule has 7 nitrogen and oxygen atoms in total. The van der Waals surface area contributed by atoms with Crippen molar-refractivity contribution in [2.75, 3.05) is 65.7 Å². The smallest absolute Gasteiger partial charge is 0.315 e. The van der Waals surface area contributed by atoms with Crippen molar-refractivity contribution in [3.63, 3.8) is 0 Å². The van der Waals surface area contributed by atoms with Crippen molar-refractivity contribution < 1.29 is 14.3 Å². The van der Waals surface area contributed by atoms with Crippen LogP contribution in [-0.4, -0.2) is 87.1 Å². The molecule has 0 saturated carbocycles. The van der Waals surface area contributed by atoms with Crippen LogP contribution in [0.25, 0.3) is 0 Å². The second-order valence-electron chi connectivity index (χ2n) is 8.65. The highest BCUT2D eigenvalue weighted by molar-refractivity contribution is 5.74. The Morgan fingerprint density at radius 3 is 2.27 bits per heavy atom. The van der Waals surface area contributed by atoms with E-state index in [2.05, 4.69) is 65.5 Å². The van der Waals surface area contributed by atoms with Crippen LogP contribution in [0.4, 0.5) is 4.79 Å². The van der Waals surface area contributed by atoms with Gasteiger partial charge in [-0.1, -0.05) is 36.8 Å². The van der Waals surface area contributed by atoms with Crippen molar-refractivity contribution in [1.29, 1.82) is 0 Å². The van der Waals surface area contributed by atoms with Crippen LogP contribution < -0.4 is 10.6 Å². The molecule has 1 aromatic carbocycles. The van der Waals surface area contributed by atoms with Crippen LogP contribution in [0.2, 0.25) is 0 Å². The standard InChI is InChI=1S/C23H38N4O3/c1-4-23(3,27-11-15-30-16-12-27)18-24-22(28)25-21(17-26-9-13-29-14-10-26)20-7-5-19(2)6-8-20/h5-8,21H,4,9-18H2,1-3H3,(H2,24,25,28)/t21-,23+/m0/s1. The topological polar surface area (TPSA) is 66.1 Å². The van der Waals surface area contributed by atoms with Gasteiger partial charge in [0.15, 0.2) is 0 Å². The fraction of sp³-hybridized carbons (Fsp3) is 0.696. The van der Waals surface area contributed by atoms with Crippen LogP contribution in [0.5, 0.6) is 0 Å². The summed E-state index contributed by atoms with van der Waals surface area (Å²) in [5.74, 6) is 0. The fourth-order valence-corrected chi connectivity index (χ4v) is 4.12. The number of amides is 2. The normalized spacial score (nSPS) is 21.6. The van der Waals surface area contributed by atoms with Gasteiger partial charge >= 0.3 is 6.03 Å². The van der Waals surface area contributed by atoms with Crippen molar-refractivity contribution in [3.05, 3.63) is 35.4 Å². The summed E-state index contributed by atoms with van der Waals surface area (Å²) in [6.45, 7) is 14.5. The molecule has 2 saturated heterocycles. The lowest BCUT2D eigenvalue weighted by molar-refractivity contribution is -0.0165. The third kappa shape index (κ3) is 6.41. The first-order valence-corrected chi connectivity index (χ1v) is 11.2. The first-order chi connectivity index (χ1) is 14.5. The minimum Gasteiger partial charge on any atom is -0.379 e. The summed E-state index contributed by atoms with van der Waals surface area (Å²) >= 11 is 0. The molecule has 3 rings (SSSR count). The number of morpholine rings is 2. The summed E-state index contributed by atoms with van der Waals surface area (Å²) in [4.78, 5) is 17.7. The lowest BCUT2D eigenvalue weighted by atomic mass is 9.95. The van der Waals surface area contributed by atoms with E-state index >= 15 is 0 Å². The van der Waals surface area contributed by atoms with Crippen LogP contribution in [0, 0.1) is 6.92 Å². The van der Waals surface area contributed by atoms with Crippen molar-refractivity contribution in [1.82, 2.24) is 20.4 Å². The van der Waals surface area contributed by atoms with Gasteiger partial charge in [-0.25, -0.2) is 4.79 Å². The number of hydrogen-bond acceptors (Lipinski definition) is 5. The molecule has 2 amide bonds. The van der Waals surface area contributed by atoms with E-state index in [0.717, 1.165) is 71.1 Å². The number of rotatable bonds is 8. The van der Waals surface area contributed by atoms with E-state index < -0.39 is 0 Å². The molecule has 7 heteroatoms. The average Bonchev–Trinajstić information content (AvgIpc) is 2.79. The highest BCUT2D eigenvalue weighted by Gasteiger charge is 2.32. The van der Waals surface area contributed by atoms with E-state index in [9.17, 15) is 4.79 Å². The third-order valence-electron chi connectivity index (χ3n) is 6.50. The Labute approximate surface area is 181 Å². The Morgan fingerprint density at radius 1 is 1.07 bits per heavy atom. The summed E-state index contributed by atoms with van der Waals surface area (Å²) in [5, 5.41) is 6.37. The molecule has 0 unspecified atom stereocenters. The maximum absolute atomic E-state index is 12.9. The molecule has 2 aliphatic rings. The molecule has 30 heavy (non-hydrogen) atoms. The SMILES string of the molecule is CC[C@](C)(CNC(=O)N[C@@H](CN1CCOCC1)c1ccc(C)cc1)N1CCOCC1. The summed E-state index contributed by atoms with van der Waals surface area (Å²) in [6.07, 6.45) is 0.975. The highest BCUT2D eigenvalue weighted by atomic mass is 16.5. The quantitative estimate of drug-likeness (QED) is 0.677. The monoisotopic (exact) mass is 418 g/mol. The van der Waals surface area contributed by atoms with Crippen LogP contribution >= 0.6 is 0 Å². The van der Waals surface area contributed by atoms with Crippen molar-refractivity contribution in [2.24, 2.45) is 0 Å². The molecule has 0 bridgehead atoms. The van der Waals surface area contributed by atoms with E-state index in [0.29, 0.717) is 6.54 Å². The predicted molar refractivity (Wildman–Crippen MR) is 119 cm³/mol. The van der Waals surface area contributed by atoms with Gasteiger partial charge in [0.2, 0.25) is 0 Å². The molecule has 2 atom stereocenters. The van der Waals surface area contributed by atoms with Crippen molar-refractivity contribution in [3.8, 4) is 0 Å². The van der Waals surface area contributed by atoms with Gasteiger partial charge in [-0.05, 0) is 25.8 Å². The van der Waals surface area contributed by atoms with Crippen LogP contribution in [0.3, 0.4) is 0 Å². The first-order valence-electron chi connectivity index (χ1n) is 11.2. The fourth-order valence-electron chi connectivity index (χ4n) is 4.12. The van der Waals surface area contributed by atoms with E-state index in [1.54, 1.807) is 0 Å². The number of aryl methyl sites for hydroxylation is 1. The second kappa shape index (κ2) is 11.1. The number of nitrogens with zero attached hydrogens (tertiary/aromatic N) is 2. The molecule has 168 valence electrons. The molecule has 0 radical (unpaired) electrons. The summed E-state index contributed by atoms with van der Waals surface area (Å²) < 4.78 is 11.0. The Hall–Kier alpha value is -1.67. The molecule has 0 aliphatic carbocycles. The summed E-state index contributed by atoms with van der Waals surface area (Å²) in [5.41, 5.74) is 2.29. The Kier molecular flexibility index (Phi) is 8.50. The van der Waals surface area contributed by atoms with E-state index in [1.807, 2.05) is 0 Å². The predicted octanol–water partition coefficient (Wildman–Crippen LogP) is 2.17. The Balaban J connectivity index is 1.60. The van der Waals surface area contributed by atoms with Gasteiger partial charge in [-0.3, -0.25) is 9.80 Å². The molecule has 2 fully saturated rings. The summed E-state index contributed by atoms with van der Waals surface area (Å²) in [7, 11) is 0. The van der Waals surface area contributed by atoms with E-state index in [1.165, 1.54) is 5.56 Å². The number of hydrogen-bond donors (Lipinski definition) is 2. The van der Waals surface area contributed by atoms with Gasteiger partial charge < -0.3 is 20.1 Å². The zero-order chi connectivity index (χ0) is 21.4. The maximum atomic E-state index is 12.9. The van der Waals surface area contributed by atoms with Gasteiger partial charge in [0.25, 0.3) is 0 Å². The zero-order valence-electron chi connectivity index (χ0n) is 18.8. The van der Waals surface area contributed by atoms with Gasteiger partial charge in [-0.15, -0.1) is 0 Å². The number of urea groups is 1. The average molecular weight is 419 g/mol. The number of ether oxygens (including phenoxy) is 2. The number of carbonyl (C=O) groups excluding carboxylic acids is 1. The van der Waals surface area contributed by atoms with Crippen molar-refractivity contribution in [2.45, 2.75) is 38.8 Å². The highest BCUT2D eigenvalue weighted by Crippen LogP contribution is 2.20. The van der Waals surface area contributed by atoms with E-state index in [-0.39, 0.29) is 17.6 Å². The van der Waals surface area contributed by atoms with Gasteiger partial charge in [0.05, 0.1) is 32.5 Å². The van der Waals surface area contributed by atoms with Crippen LogP contribution in [-0.2, 0) is 9.47 Å². The van der Waals surface area contributed by atoms with Crippen LogP contribution in [0.15, 0.2) is 24.3 Å². The largest absolute Gasteiger partial charge is 0.379 e. The third-order valence-corrected chi connectivity index (χ3v) is 6.50. The van der Waals surface area contributed by atoms with Crippen molar-refractivity contribution >= 4 is 6.03 Å². The maximum Gasteiger partial charge on any atom is 0.315 e. The number of benzene rings is 1. The Morgan fingerprint density at radius 2 is 1.67 bits per heavy atom. The minimum atomic E-state index is -0.109. The molecule has 2 heterocycles. The minimum absolute atomic E-state index is 0.0556. The number of nitrogens with one attached hydrogen (secondary N) is 2. The van der Waals surface area contributed by atoms with E-state index in [4.69, 9.17) is 9.47 Å². The molecular weight excluding hydrogens is 380 g/mol. The van der Waals surface area contributed by atoms with Crippen LogP contribution in [0.1, 0.15) is 37.4 Å².